The molecule has 0 aromatic carbocycles. The van der Waals surface area contributed by atoms with Crippen LogP contribution in [0.3, 0.4) is 0 Å². The summed E-state index contributed by atoms with van der Waals surface area (Å²) in [5.74, 6) is 1.30. The van der Waals surface area contributed by atoms with Gasteiger partial charge in [-0.2, -0.15) is 0 Å². The normalized spacial score (nSPS) is 15.3. The van der Waals surface area contributed by atoms with Gasteiger partial charge in [-0.15, -0.1) is 11.3 Å². The van der Waals surface area contributed by atoms with Crippen LogP contribution in [0.1, 0.15) is 30.5 Å². The van der Waals surface area contributed by atoms with E-state index in [4.69, 9.17) is 0 Å². The number of nitrogens with zero attached hydrogens (tertiary/aromatic N) is 5. The number of hydrogen-bond donors (Lipinski definition) is 0. The Kier molecular flexibility index (Phi) is 4.85. The summed E-state index contributed by atoms with van der Waals surface area (Å²) in [7, 11) is 0. The van der Waals surface area contributed by atoms with Gasteiger partial charge in [0.05, 0.1) is 17.1 Å². The molecular weight excluding hydrogens is 310 g/mol. The average Bonchev–Trinajstić information content (AvgIpc) is 3.04. The molecular formula is C16H21N5OS. The lowest BCUT2D eigenvalue weighted by molar-refractivity contribution is -0.130. The van der Waals surface area contributed by atoms with E-state index < -0.39 is 0 Å². The summed E-state index contributed by atoms with van der Waals surface area (Å²) in [6, 6.07) is 1.81. The van der Waals surface area contributed by atoms with Gasteiger partial charge < -0.3 is 9.80 Å². The maximum Gasteiger partial charge on any atom is 0.228 e. The quantitative estimate of drug-likeness (QED) is 0.857. The van der Waals surface area contributed by atoms with Gasteiger partial charge in [-0.1, -0.05) is 13.8 Å². The van der Waals surface area contributed by atoms with E-state index in [1.54, 1.807) is 23.7 Å². The van der Waals surface area contributed by atoms with Crippen molar-refractivity contribution in [2.24, 2.45) is 0 Å². The van der Waals surface area contributed by atoms with E-state index in [0.717, 1.165) is 29.7 Å². The number of rotatable bonds is 4. The molecule has 0 saturated carbocycles. The minimum Gasteiger partial charge on any atom is -0.339 e. The van der Waals surface area contributed by atoms with E-state index >= 15 is 0 Å². The van der Waals surface area contributed by atoms with Crippen LogP contribution in [0, 0.1) is 0 Å². The van der Waals surface area contributed by atoms with Crippen molar-refractivity contribution in [1.29, 1.82) is 0 Å². The lowest BCUT2D eigenvalue weighted by atomic mass is 10.2. The molecule has 2 aromatic heterocycles. The van der Waals surface area contributed by atoms with Crippen molar-refractivity contribution in [3.8, 4) is 0 Å². The van der Waals surface area contributed by atoms with Crippen LogP contribution >= 0.6 is 11.3 Å². The van der Waals surface area contributed by atoms with Gasteiger partial charge in [0.2, 0.25) is 11.9 Å². The molecule has 122 valence electrons. The fourth-order valence-electron chi connectivity index (χ4n) is 2.55. The zero-order valence-electron chi connectivity index (χ0n) is 13.5. The Morgan fingerprint density at radius 3 is 2.52 bits per heavy atom. The van der Waals surface area contributed by atoms with Gasteiger partial charge >= 0.3 is 0 Å². The molecule has 1 fully saturated rings. The number of piperazine rings is 1. The predicted octanol–water partition coefficient (Wildman–Crippen LogP) is 1.95. The molecule has 2 aromatic rings. The maximum atomic E-state index is 12.4. The second kappa shape index (κ2) is 7.04. The highest BCUT2D eigenvalue weighted by Crippen LogP contribution is 2.20. The summed E-state index contributed by atoms with van der Waals surface area (Å²) >= 11 is 1.64. The first kappa shape index (κ1) is 15.9. The van der Waals surface area contributed by atoms with E-state index in [1.165, 1.54) is 0 Å². The van der Waals surface area contributed by atoms with E-state index in [2.05, 4.69) is 33.7 Å². The standard InChI is InChI=1S/C16H21N5OS/c1-12(2)15-19-13(11-23-15)10-14(22)20-6-8-21(9-7-20)16-17-4-3-5-18-16/h3-5,11-12H,6-10H2,1-2H3. The summed E-state index contributed by atoms with van der Waals surface area (Å²) < 4.78 is 0. The lowest BCUT2D eigenvalue weighted by Crippen LogP contribution is -2.49. The van der Waals surface area contributed by atoms with Crippen molar-refractivity contribution in [2.45, 2.75) is 26.2 Å². The topological polar surface area (TPSA) is 62.2 Å². The molecule has 3 heterocycles. The number of aromatic nitrogens is 3. The van der Waals surface area contributed by atoms with E-state index in [1.807, 2.05) is 16.3 Å². The van der Waals surface area contributed by atoms with Crippen molar-refractivity contribution in [2.75, 3.05) is 31.1 Å². The van der Waals surface area contributed by atoms with Gasteiger partial charge in [0.25, 0.3) is 0 Å². The highest BCUT2D eigenvalue weighted by molar-refractivity contribution is 7.09. The first-order chi connectivity index (χ1) is 11.1. The second-order valence-electron chi connectivity index (χ2n) is 5.93. The van der Waals surface area contributed by atoms with Crippen LogP contribution < -0.4 is 4.90 Å². The van der Waals surface area contributed by atoms with Crippen molar-refractivity contribution < 1.29 is 4.79 Å². The number of hydrogen-bond acceptors (Lipinski definition) is 6. The van der Waals surface area contributed by atoms with Crippen molar-refractivity contribution in [3.05, 3.63) is 34.5 Å². The Morgan fingerprint density at radius 1 is 1.22 bits per heavy atom. The Balaban J connectivity index is 1.53. The third kappa shape index (κ3) is 3.85. The second-order valence-corrected chi connectivity index (χ2v) is 6.81. The van der Waals surface area contributed by atoms with Crippen molar-refractivity contribution in [3.63, 3.8) is 0 Å². The zero-order valence-corrected chi connectivity index (χ0v) is 14.3. The van der Waals surface area contributed by atoms with E-state index in [0.29, 0.717) is 25.4 Å². The SMILES string of the molecule is CC(C)c1nc(CC(=O)N2CCN(c3ncccn3)CC2)cs1. The molecule has 0 spiro atoms. The zero-order chi connectivity index (χ0) is 16.2. The van der Waals surface area contributed by atoms with Crippen molar-refractivity contribution >= 4 is 23.2 Å². The highest BCUT2D eigenvalue weighted by Gasteiger charge is 2.23. The molecule has 23 heavy (non-hydrogen) atoms. The van der Waals surface area contributed by atoms with Crippen molar-refractivity contribution in [1.82, 2.24) is 19.9 Å². The molecule has 0 bridgehead atoms. The van der Waals surface area contributed by atoms with E-state index in [9.17, 15) is 4.79 Å². The molecule has 3 rings (SSSR count). The lowest BCUT2D eigenvalue weighted by Gasteiger charge is -2.34. The molecule has 7 heteroatoms. The summed E-state index contributed by atoms with van der Waals surface area (Å²) in [6.07, 6.45) is 3.88. The van der Waals surface area contributed by atoms with Crippen LogP contribution in [0.5, 0.6) is 0 Å². The minimum absolute atomic E-state index is 0.152. The number of carbonyl (C=O) groups excluding carboxylic acids is 1. The molecule has 1 amide bonds. The van der Waals surface area contributed by atoms with E-state index in [-0.39, 0.29) is 5.91 Å². The van der Waals surface area contributed by atoms with Gasteiger partial charge in [-0.05, 0) is 6.07 Å². The molecule has 0 aliphatic carbocycles. The number of carbonyl (C=O) groups is 1. The monoisotopic (exact) mass is 331 g/mol. The number of anilines is 1. The van der Waals surface area contributed by atoms with Crippen LogP contribution in [0.4, 0.5) is 5.95 Å². The van der Waals surface area contributed by atoms with Crippen LogP contribution in [0.2, 0.25) is 0 Å². The third-order valence-corrected chi connectivity index (χ3v) is 5.06. The van der Waals surface area contributed by atoms with Gasteiger partial charge in [0.15, 0.2) is 0 Å². The minimum atomic E-state index is 0.152. The highest BCUT2D eigenvalue weighted by atomic mass is 32.1. The molecule has 0 N–H and O–H groups in total. The molecule has 1 saturated heterocycles. The molecule has 0 radical (unpaired) electrons. The first-order valence-electron chi connectivity index (χ1n) is 7.87. The van der Waals surface area contributed by atoms with Gasteiger partial charge in [-0.25, -0.2) is 15.0 Å². The Morgan fingerprint density at radius 2 is 1.91 bits per heavy atom. The van der Waals surface area contributed by atoms with Gasteiger partial charge in [0.1, 0.15) is 0 Å². The average molecular weight is 331 g/mol. The molecule has 6 nitrogen and oxygen atoms in total. The summed E-state index contributed by atoms with van der Waals surface area (Å²) in [5.41, 5.74) is 0.887. The third-order valence-electron chi connectivity index (χ3n) is 3.86. The Labute approximate surface area is 140 Å². The van der Waals surface area contributed by atoms with Crippen LogP contribution in [0.25, 0.3) is 0 Å². The number of amides is 1. The fraction of sp³-hybridized carbons (Fsp3) is 0.500. The Hall–Kier alpha value is -2.02. The molecule has 0 unspecified atom stereocenters. The van der Waals surface area contributed by atoms with Crippen LogP contribution in [-0.2, 0) is 11.2 Å². The molecule has 1 aliphatic rings. The smallest absolute Gasteiger partial charge is 0.228 e. The van der Waals surface area contributed by atoms with Crippen LogP contribution in [0.15, 0.2) is 23.8 Å². The maximum absolute atomic E-state index is 12.4. The summed E-state index contributed by atoms with van der Waals surface area (Å²) in [4.78, 5) is 29.5. The molecule has 1 aliphatic heterocycles. The van der Waals surface area contributed by atoms with Gasteiger partial charge in [-0.3, -0.25) is 4.79 Å². The fourth-order valence-corrected chi connectivity index (χ4v) is 3.38. The Bertz CT molecular complexity index is 650. The first-order valence-corrected chi connectivity index (χ1v) is 8.75. The summed E-state index contributed by atoms with van der Waals surface area (Å²) in [6.45, 7) is 7.19. The summed E-state index contributed by atoms with van der Waals surface area (Å²) in [5, 5.41) is 3.10. The van der Waals surface area contributed by atoms with Crippen LogP contribution in [-0.4, -0.2) is 51.9 Å². The van der Waals surface area contributed by atoms with Gasteiger partial charge in [0, 0.05) is 49.9 Å². The molecule has 0 atom stereocenters. The number of thiazole rings is 1. The largest absolute Gasteiger partial charge is 0.339 e. The predicted molar refractivity (Wildman–Crippen MR) is 90.7 cm³/mol.